The number of ether oxygens (including phenoxy) is 2. The Hall–Kier alpha value is -2.95. The maximum atomic E-state index is 12.4. The van der Waals surface area contributed by atoms with Gasteiger partial charge in [0.1, 0.15) is 0 Å². The summed E-state index contributed by atoms with van der Waals surface area (Å²) in [5, 5.41) is 3.01. The van der Waals surface area contributed by atoms with Crippen molar-refractivity contribution < 1.29 is 14.3 Å². The van der Waals surface area contributed by atoms with Crippen LogP contribution in [0, 0.1) is 0 Å². The third-order valence-corrected chi connectivity index (χ3v) is 4.69. The Morgan fingerprint density at radius 1 is 1.00 bits per heavy atom. The molecule has 0 spiro atoms. The summed E-state index contributed by atoms with van der Waals surface area (Å²) < 4.78 is 10.5. The highest BCUT2D eigenvalue weighted by atomic mass is 16.5. The number of hydrogen-bond donors (Lipinski definition) is 1. The summed E-state index contributed by atoms with van der Waals surface area (Å²) in [6, 6.07) is 13.5. The molecule has 1 N–H and O–H groups in total. The Balaban J connectivity index is 1.70. The van der Waals surface area contributed by atoms with E-state index in [1.165, 1.54) is 25.3 Å². The molecule has 1 saturated heterocycles. The largest absolute Gasteiger partial charge is 0.493 e. The van der Waals surface area contributed by atoms with Crippen molar-refractivity contribution in [3.8, 4) is 11.5 Å². The summed E-state index contributed by atoms with van der Waals surface area (Å²) >= 11 is 0. The van der Waals surface area contributed by atoms with E-state index in [-0.39, 0.29) is 5.91 Å². The number of carbonyl (C=O) groups is 1. The molecule has 2 aromatic rings. The summed E-state index contributed by atoms with van der Waals surface area (Å²) in [5.74, 6) is 1.14. The predicted molar refractivity (Wildman–Crippen MR) is 110 cm³/mol. The molecule has 0 aromatic heterocycles. The van der Waals surface area contributed by atoms with Crippen LogP contribution in [0.25, 0.3) is 6.08 Å². The number of benzene rings is 2. The van der Waals surface area contributed by atoms with E-state index in [1.807, 2.05) is 36.4 Å². The van der Waals surface area contributed by atoms with E-state index in [4.69, 9.17) is 9.47 Å². The van der Waals surface area contributed by atoms with Crippen LogP contribution in [0.2, 0.25) is 0 Å². The molecule has 1 amide bonds. The maximum Gasteiger partial charge on any atom is 0.248 e. The topological polar surface area (TPSA) is 50.8 Å². The molecule has 0 radical (unpaired) electrons. The second-order valence-corrected chi connectivity index (χ2v) is 6.50. The highest BCUT2D eigenvalue weighted by Crippen LogP contribution is 2.29. The van der Waals surface area contributed by atoms with Crippen molar-refractivity contribution in [2.75, 3.05) is 37.5 Å². The van der Waals surface area contributed by atoms with Crippen LogP contribution in [0.15, 0.2) is 48.5 Å². The van der Waals surface area contributed by atoms with Gasteiger partial charge in [-0.25, -0.2) is 0 Å². The van der Waals surface area contributed by atoms with Crippen molar-refractivity contribution in [1.82, 2.24) is 0 Å². The third kappa shape index (κ3) is 4.82. The molecule has 1 aliphatic rings. The van der Waals surface area contributed by atoms with E-state index in [2.05, 4.69) is 16.3 Å². The van der Waals surface area contributed by atoms with Crippen LogP contribution in [0.4, 0.5) is 11.4 Å². The molecule has 3 rings (SSSR count). The molecular weight excluding hydrogens is 340 g/mol. The van der Waals surface area contributed by atoms with Crippen molar-refractivity contribution in [2.45, 2.75) is 19.3 Å². The standard InChI is InChI=1S/C22H26N2O3/c1-26-20-12-10-17(16-21(20)27-2)11-13-22(25)23-18-8-4-5-9-19(18)24-14-6-3-7-15-24/h4-5,8-13,16H,3,6-7,14-15H2,1-2H3,(H,23,25)/b13-11+. The first-order chi connectivity index (χ1) is 13.2. The SMILES string of the molecule is COc1ccc(/C=C/C(=O)Nc2ccccc2N2CCCCC2)cc1OC. The van der Waals surface area contributed by atoms with Gasteiger partial charge in [0.25, 0.3) is 0 Å². The van der Waals surface area contributed by atoms with Crippen LogP contribution >= 0.6 is 0 Å². The second-order valence-electron chi connectivity index (χ2n) is 6.50. The lowest BCUT2D eigenvalue weighted by Crippen LogP contribution is -2.30. The summed E-state index contributed by atoms with van der Waals surface area (Å²) in [5.41, 5.74) is 2.80. The Morgan fingerprint density at radius 2 is 1.74 bits per heavy atom. The van der Waals surface area contributed by atoms with Gasteiger partial charge < -0.3 is 19.7 Å². The van der Waals surface area contributed by atoms with Gasteiger partial charge >= 0.3 is 0 Å². The molecule has 1 aliphatic heterocycles. The number of para-hydroxylation sites is 2. The van der Waals surface area contributed by atoms with Crippen molar-refractivity contribution in [1.29, 1.82) is 0 Å². The third-order valence-electron chi connectivity index (χ3n) is 4.69. The fourth-order valence-corrected chi connectivity index (χ4v) is 3.29. The quantitative estimate of drug-likeness (QED) is 0.773. The number of carbonyl (C=O) groups excluding carboxylic acids is 1. The highest BCUT2D eigenvalue weighted by molar-refractivity contribution is 6.03. The summed E-state index contributed by atoms with van der Waals surface area (Å²) in [4.78, 5) is 14.8. The highest BCUT2D eigenvalue weighted by Gasteiger charge is 2.14. The minimum absolute atomic E-state index is 0.158. The molecule has 142 valence electrons. The number of amides is 1. The lowest BCUT2D eigenvalue weighted by Gasteiger charge is -2.30. The van der Waals surface area contributed by atoms with E-state index in [1.54, 1.807) is 20.3 Å². The average Bonchev–Trinajstić information content (AvgIpc) is 2.73. The molecule has 5 nitrogen and oxygen atoms in total. The van der Waals surface area contributed by atoms with Gasteiger partial charge in [0.2, 0.25) is 5.91 Å². The zero-order chi connectivity index (χ0) is 19.1. The summed E-state index contributed by atoms with van der Waals surface area (Å²) in [6.45, 7) is 2.07. The smallest absolute Gasteiger partial charge is 0.248 e. The molecular formula is C22H26N2O3. The van der Waals surface area contributed by atoms with Gasteiger partial charge in [0.05, 0.1) is 25.6 Å². The Kier molecular flexibility index (Phi) is 6.36. The van der Waals surface area contributed by atoms with E-state index in [0.29, 0.717) is 11.5 Å². The second kappa shape index (κ2) is 9.12. The molecule has 0 bridgehead atoms. The summed E-state index contributed by atoms with van der Waals surface area (Å²) in [7, 11) is 3.19. The Labute approximate surface area is 160 Å². The molecule has 1 fully saturated rings. The van der Waals surface area contributed by atoms with Crippen molar-refractivity contribution in [3.63, 3.8) is 0 Å². The van der Waals surface area contributed by atoms with E-state index < -0.39 is 0 Å². The van der Waals surface area contributed by atoms with Gasteiger partial charge in [0.15, 0.2) is 11.5 Å². The van der Waals surface area contributed by atoms with Crippen molar-refractivity contribution in [2.24, 2.45) is 0 Å². The van der Waals surface area contributed by atoms with Crippen LogP contribution in [-0.4, -0.2) is 33.2 Å². The fourth-order valence-electron chi connectivity index (χ4n) is 3.29. The van der Waals surface area contributed by atoms with Gasteiger partial charge in [-0.05, 0) is 55.2 Å². The minimum Gasteiger partial charge on any atom is -0.493 e. The Morgan fingerprint density at radius 3 is 2.48 bits per heavy atom. The van der Waals surface area contributed by atoms with Crippen molar-refractivity contribution >= 4 is 23.4 Å². The number of piperidine rings is 1. The lowest BCUT2D eigenvalue weighted by atomic mass is 10.1. The molecule has 5 heteroatoms. The number of rotatable bonds is 6. The maximum absolute atomic E-state index is 12.4. The number of methoxy groups -OCH3 is 2. The van der Waals surface area contributed by atoms with Gasteiger partial charge in [-0.3, -0.25) is 4.79 Å². The average molecular weight is 366 g/mol. The number of hydrogen-bond acceptors (Lipinski definition) is 4. The van der Waals surface area contributed by atoms with E-state index in [0.717, 1.165) is 30.0 Å². The zero-order valence-electron chi connectivity index (χ0n) is 15.9. The molecule has 0 saturated carbocycles. The van der Waals surface area contributed by atoms with Crippen LogP contribution in [0.3, 0.4) is 0 Å². The summed E-state index contributed by atoms with van der Waals surface area (Å²) in [6.07, 6.45) is 6.97. The van der Waals surface area contributed by atoms with Crippen LogP contribution < -0.4 is 19.7 Å². The van der Waals surface area contributed by atoms with Gasteiger partial charge in [-0.2, -0.15) is 0 Å². The molecule has 0 unspecified atom stereocenters. The molecule has 0 atom stereocenters. The van der Waals surface area contributed by atoms with Gasteiger partial charge in [-0.1, -0.05) is 18.2 Å². The van der Waals surface area contributed by atoms with Gasteiger partial charge in [0, 0.05) is 19.2 Å². The first kappa shape index (κ1) is 18.8. The van der Waals surface area contributed by atoms with E-state index >= 15 is 0 Å². The van der Waals surface area contributed by atoms with Crippen LogP contribution in [0.5, 0.6) is 11.5 Å². The first-order valence-corrected chi connectivity index (χ1v) is 9.26. The number of nitrogens with zero attached hydrogens (tertiary/aromatic N) is 1. The number of anilines is 2. The van der Waals surface area contributed by atoms with Crippen LogP contribution in [-0.2, 0) is 4.79 Å². The predicted octanol–water partition coefficient (Wildman–Crippen LogP) is 4.35. The molecule has 27 heavy (non-hydrogen) atoms. The molecule has 1 heterocycles. The fraction of sp³-hybridized carbons (Fsp3) is 0.318. The monoisotopic (exact) mass is 366 g/mol. The normalized spacial score (nSPS) is 14.2. The van der Waals surface area contributed by atoms with Crippen molar-refractivity contribution in [3.05, 3.63) is 54.1 Å². The van der Waals surface area contributed by atoms with Gasteiger partial charge in [-0.15, -0.1) is 0 Å². The van der Waals surface area contributed by atoms with E-state index in [9.17, 15) is 4.79 Å². The lowest BCUT2D eigenvalue weighted by molar-refractivity contribution is -0.111. The first-order valence-electron chi connectivity index (χ1n) is 9.26. The zero-order valence-corrected chi connectivity index (χ0v) is 15.9. The minimum atomic E-state index is -0.158. The Bertz CT molecular complexity index is 811. The van der Waals surface area contributed by atoms with Crippen LogP contribution in [0.1, 0.15) is 24.8 Å². The molecule has 2 aromatic carbocycles. The molecule has 0 aliphatic carbocycles. The number of nitrogens with one attached hydrogen (secondary N) is 1.